The largest absolute Gasteiger partial charge is 0.481 e. The van der Waals surface area contributed by atoms with E-state index in [2.05, 4.69) is 15.9 Å². The Morgan fingerprint density at radius 2 is 1.97 bits per heavy atom. The lowest BCUT2D eigenvalue weighted by Crippen LogP contribution is -2.46. The third-order valence-corrected chi connectivity index (χ3v) is 7.56. The van der Waals surface area contributed by atoms with Crippen LogP contribution in [-0.4, -0.2) is 42.9 Å². The van der Waals surface area contributed by atoms with Crippen molar-refractivity contribution in [1.82, 2.24) is 4.90 Å². The molecule has 2 unspecified atom stereocenters. The van der Waals surface area contributed by atoms with Gasteiger partial charge in [0.1, 0.15) is 5.75 Å². The second kappa shape index (κ2) is 8.88. The van der Waals surface area contributed by atoms with Crippen molar-refractivity contribution in [2.45, 2.75) is 45.9 Å². The molecule has 0 saturated carbocycles. The maximum atomic E-state index is 13.3. The van der Waals surface area contributed by atoms with Gasteiger partial charge in [0, 0.05) is 17.1 Å². The van der Waals surface area contributed by atoms with E-state index in [4.69, 9.17) is 4.74 Å². The van der Waals surface area contributed by atoms with E-state index in [1.807, 2.05) is 56.3 Å². The number of hydrogen-bond acceptors (Lipinski definition) is 4. The molecular weight excluding hydrogens is 454 g/mol. The molecule has 0 bridgehead atoms. The van der Waals surface area contributed by atoms with Crippen LogP contribution >= 0.6 is 15.9 Å². The Hall–Kier alpha value is -1.86. The lowest BCUT2D eigenvalue weighted by molar-refractivity contribution is -0.140. The van der Waals surface area contributed by atoms with Gasteiger partial charge in [-0.05, 0) is 68.1 Å². The fourth-order valence-electron chi connectivity index (χ4n) is 3.52. The predicted molar refractivity (Wildman–Crippen MR) is 118 cm³/mol. The Labute approximate surface area is 181 Å². The van der Waals surface area contributed by atoms with E-state index in [9.17, 15) is 13.2 Å². The van der Waals surface area contributed by atoms with E-state index in [0.717, 1.165) is 21.2 Å². The van der Waals surface area contributed by atoms with Crippen molar-refractivity contribution in [3.8, 4) is 5.75 Å². The van der Waals surface area contributed by atoms with Crippen molar-refractivity contribution in [1.29, 1.82) is 0 Å². The van der Waals surface area contributed by atoms with Gasteiger partial charge in [-0.3, -0.25) is 4.79 Å². The summed E-state index contributed by atoms with van der Waals surface area (Å²) in [4.78, 5) is 14.9. The first-order chi connectivity index (χ1) is 13.6. The molecule has 0 aliphatic carbocycles. The molecule has 2 aromatic carbocycles. The molecule has 1 amide bonds. The highest BCUT2D eigenvalue weighted by molar-refractivity contribution is 9.10. The minimum Gasteiger partial charge on any atom is -0.481 e. The van der Waals surface area contributed by atoms with Crippen LogP contribution in [0, 0.1) is 13.8 Å². The lowest BCUT2D eigenvalue weighted by atomic mass is 10.1. The van der Waals surface area contributed by atoms with E-state index in [-0.39, 0.29) is 23.5 Å². The quantitative estimate of drug-likeness (QED) is 0.626. The fourth-order valence-corrected chi connectivity index (χ4v) is 5.69. The molecule has 5 nitrogen and oxygen atoms in total. The highest BCUT2D eigenvalue weighted by Gasteiger charge is 2.36. The topological polar surface area (TPSA) is 63.7 Å². The van der Waals surface area contributed by atoms with Crippen molar-refractivity contribution >= 4 is 31.7 Å². The van der Waals surface area contributed by atoms with E-state index in [1.54, 1.807) is 11.8 Å². The molecule has 3 rings (SSSR count). The second-order valence-electron chi connectivity index (χ2n) is 7.66. The number of aryl methyl sites for hydroxylation is 2. The molecule has 156 valence electrons. The van der Waals surface area contributed by atoms with Gasteiger partial charge in [0.25, 0.3) is 5.91 Å². The van der Waals surface area contributed by atoms with Crippen molar-refractivity contribution in [3.63, 3.8) is 0 Å². The normalized spacial score (nSPS) is 19.0. The highest BCUT2D eigenvalue weighted by Crippen LogP contribution is 2.24. The lowest BCUT2D eigenvalue weighted by Gasteiger charge is -2.31. The first kappa shape index (κ1) is 21.8. The maximum Gasteiger partial charge on any atom is 0.263 e. The molecule has 1 heterocycles. The third kappa shape index (κ3) is 5.60. The van der Waals surface area contributed by atoms with Crippen LogP contribution in [0.25, 0.3) is 0 Å². The summed E-state index contributed by atoms with van der Waals surface area (Å²) in [6.07, 6.45) is -0.258. The maximum absolute atomic E-state index is 13.3. The number of halogens is 1. The van der Waals surface area contributed by atoms with Gasteiger partial charge in [0.15, 0.2) is 15.9 Å². The average Bonchev–Trinajstić information content (AvgIpc) is 3.02. The number of sulfone groups is 1. The molecule has 0 spiro atoms. The van der Waals surface area contributed by atoms with Gasteiger partial charge >= 0.3 is 0 Å². The highest BCUT2D eigenvalue weighted by atomic mass is 79.9. The van der Waals surface area contributed by atoms with Crippen LogP contribution in [0.5, 0.6) is 5.75 Å². The first-order valence-electron chi connectivity index (χ1n) is 9.64. The van der Waals surface area contributed by atoms with Crippen LogP contribution in [0.15, 0.2) is 46.9 Å². The van der Waals surface area contributed by atoms with E-state index >= 15 is 0 Å². The van der Waals surface area contributed by atoms with Crippen LogP contribution in [0.4, 0.5) is 0 Å². The standard InChI is InChI=1S/C22H26BrNO4S/c1-15-7-8-21(11-16(15)2)28-17(3)22(25)24(20-9-10-29(26,27)14-20)13-18-5-4-6-19(23)12-18/h4-8,11-12,17,20H,9-10,13-14H2,1-3H3. The molecule has 1 aliphatic heterocycles. The Bertz CT molecular complexity index is 1010. The summed E-state index contributed by atoms with van der Waals surface area (Å²) < 4.78 is 30.9. The number of nitrogens with zero attached hydrogens (tertiary/aromatic N) is 1. The molecule has 1 saturated heterocycles. The average molecular weight is 480 g/mol. The van der Waals surface area contributed by atoms with Gasteiger partial charge < -0.3 is 9.64 Å². The van der Waals surface area contributed by atoms with Crippen LogP contribution in [0.2, 0.25) is 0 Å². The smallest absolute Gasteiger partial charge is 0.263 e. The predicted octanol–water partition coefficient (Wildman–Crippen LogP) is 4.05. The van der Waals surface area contributed by atoms with Crippen molar-refractivity contribution in [2.75, 3.05) is 11.5 Å². The van der Waals surface area contributed by atoms with Crippen molar-refractivity contribution in [3.05, 3.63) is 63.6 Å². The van der Waals surface area contributed by atoms with Crippen LogP contribution in [0.1, 0.15) is 30.0 Å². The summed E-state index contributed by atoms with van der Waals surface area (Å²) in [6, 6.07) is 13.1. The summed E-state index contributed by atoms with van der Waals surface area (Å²) in [5.74, 6) is 0.552. The molecule has 0 radical (unpaired) electrons. The SMILES string of the molecule is Cc1ccc(OC(C)C(=O)N(Cc2cccc(Br)c2)C2CCS(=O)(=O)C2)cc1C. The molecule has 2 atom stereocenters. The van der Waals surface area contributed by atoms with Gasteiger partial charge in [0.05, 0.1) is 11.5 Å². The Morgan fingerprint density at radius 3 is 2.59 bits per heavy atom. The summed E-state index contributed by atoms with van der Waals surface area (Å²) in [7, 11) is -3.11. The monoisotopic (exact) mass is 479 g/mol. The number of hydrogen-bond donors (Lipinski definition) is 0. The van der Waals surface area contributed by atoms with Crippen LogP contribution in [-0.2, 0) is 21.2 Å². The minimum absolute atomic E-state index is 0.00308. The number of carbonyl (C=O) groups excluding carboxylic acids is 1. The molecule has 0 aromatic heterocycles. The molecular formula is C22H26BrNO4S. The molecule has 7 heteroatoms. The molecule has 1 aliphatic rings. The van der Waals surface area contributed by atoms with Crippen LogP contribution < -0.4 is 4.74 Å². The molecule has 1 fully saturated rings. The van der Waals surface area contributed by atoms with Gasteiger partial charge in [-0.15, -0.1) is 0 Å². The zero-order valence-corrected chi connectivity index (χ0v) is 19.3. The number of benzene rings is 2. The zero-order chi connectivity index (χ0) is 21.2. The Kier molecular flexibility index (Phi) is 6.69. The van der Waals surface area contributed by atoms with E-state index in [1.165, 1.54) is 0 Å². The molecule has 2 aromatic rings. The first-order valence-corrected chi connectivity index (χ1v) is 12.3. The number of carbonyl (C=O) groups is 1. The minimum atomic E-state index is -3.11. The van der Waals surface area contributed by atoms with E-state index in [0.29, 0.717) is 18.7 Å². The fraction of sp³-hybridized carbons (Fsp3) is 0.409. The Balaban J connectivity index is 1.81. The zero-order valence-electron chi connectivity index (χ0n) is 16.9. The summed E-state index contributed by atoms with van der Waals surface area (Å²) in [5, 5.41) is 0. The Morgan fingerprint density at radius 1 is 1.21 bits per heavy atom. The summed E-state index contributed by atoms with van der Waals surface area (Å²) >= 11 is 3.45. The van der Waals surface area contributed by atoms with Gasteiger partial charge in [-0.1, -0.05) is 34.1 Å². The van der Waals surface area contributed by atoms with Gasteiger partial charge in [0.2, 0.25) is 0 Å². The van der Waals surface area contributed by atoms with Crippen molar-refractivity contribution < 1.29 is 17.9 Å². The van der Waals surface area contributed by atoms with Crippen molar-refractivity contribution in [2.24, 2.45) is 0 Å². The molecule has 0 N–H and O–H groups in total. The molecule has 29 heavy (non-hydrogen) atoms. The summed E-state index contributed by atoms with van der Waals surface area (Å²) in [6.45, 7) is 6.08. The van der Waals surface area contributed by atoms with Crippen LogP contribution in [0.3, 0.4) is 0 Å². The second-order valence-corrected chi connectivity index (χ2v) is 10.8. The van der Waals surface area contributed by atoms with E-state index < -0.39 is 15.9 Å². The summed E-state index contributed by atoms with van der Waals surface area (Å²) in [5.41, 5.74) is 3.19. The van der Waals surface area contributed by atoms with Gasteiger partial charge in [-0.2, -0.15) is 0 Å². The number of rotatable bonds is 6. The van der Waals surface area contributed by atoms with Gasteiger partial charge in [-0.25, -0.2) is 8.42 Å². The number of amides is 1. The number of ether oxygens (including phenoxy) is 1. The third-order valence-electron chi connectivity index (χ3n) is 5.31.